The Morgan fingerprint density at radius 2 is 1.90 bits per heavy atom. The molecule has 0 saturated heterocycles. The van der Waals surface area contributed by atoms with Crippen LogP contribution >= 0.6 is 0 Å². The van der Waals surface area contributed by atoms with E-state index in [4.69, 9.17) is 9.47 Å². The molecular formula is C32H35FN2O5. The first-order valence-electron chi connectivity index (χ1n) is 13.6. The predicted molar refractivity (Wildman–Crippen MR) is 151 cm³/mol. The number of aryl methyl sites for hydroxylation is 2. The van der Waals surface area contributed by atoms with Crippen LogP contribution in [0.5, 0.6) is 5.75 Å². The molecule has 0 bridgehead atoms. The number of fused-ring (bicyclic) bond motifs is 2. The first kappa shape index (κ1) is 27.8. The van der Waals surface area contributed by atoms with Gasteiger partial charge in [0, 0.05) is 35.2 Å². The Morgan fingerprint density at radius 3 is 2.58 bits per heavy atom. The number of carboxylic acid groups (broad SMARTS) is 1. The number of aliphatic carboxylic acids is 1. The minimum absolute atomic E-state index is 0.176. The van der Waals surface area contributed by atoms with Crippen molar-refractivity contribution in [2.45, 2.75) is 72.5 Å². The van der Waals surface area contributed by atoms with Crippen molar-refractivity contribution in [3.63, 3.8) is 0 Å². The predicted octanol–water partition coefficient (Wildman–Crippen LogP) is 6.28. The lowest BCUT2D eigenvalue weighted by Crippen LogP contribution is -2.30. The second-order valence-electron chi connectivity index (χ2n) is 11.6. The van der Waals surface area contributed by atoms with Crippen molar-refractivity contribution < 1.29 is 28.6 Å². The number of carbonyl (C=O) groups is 2. The van der Waals surface area contributed by atoms with Crippen LogP contribution in [0.3, 0.4) is 0 Å². The number of halogens is 1. The molecule has 0 unspecified atom stereocenters. The van der Waals surface area contributed by atoms with Gasteiger partial charge in [-0.25, -0.2) is 9.18 Å². The van der Waals surface area contributed by atoms with Crippen LogP contribution in [0.2, 0.25) is 0 Å². The number of benzene rings is 2. The van der Waals surface area contributed by atoms with Crippen molar-refractivity contribution in [2.75, 3.05) is 18.1 Å². The molecule has 1 aromatic heterocycles. The van der Waals surface area contributed by atoms with Gasteiger partial charge in [-0.05, 0) is 113 Å². The molecule has 5 rings (SSSR count). The van der Waals surface area contributed by atoms with Crippen LogP contribution in [0, 0.1) is 26.6 Å². The molecule has 7 nitrogen and oxygen atoms in total. The van der Waals surface area contributed by atoms with E-state index in [1.807, 2.05) is 40.7 Å². The maximum absolute atomic E-state index is 15.5. The standard InChI is InChI=1S/C32H35FN2O5/c1-17-15-25-22(11-13-35(25)30(36)21-9-7-12-34-19(21)3)27(26(17)29(31(37)38)40-32(4,5)6)23-16-24(33)28-20(18(23)2)10-8-14-39-28/h7,9,12,15-16,29H,8,10-11,13-14H2,1-6H3,(H,37,38)/t29-/m0/s1. The maximum Gasteiger partial charge on any atom is 0.337 e. The number of carbonyl (C=O) groups excluding carboxylic acids is 1. The zero-order valence-electron chi connectivity index (χ0n) is 23.9. The fourth-order valence-electron chi connectivity index (χ4n) is 5.91. The first-order chi connectivity index (χ1) is 18.9. The molecule has 0 fully saturated rings. The molecule has 8 heteroatoms. The van der Waals surface area contributed by atoms with Crippen molar-refractivity contribution in [3.8, 4) is 16.9 Å². The fourth-order valence-corrected chi connectivity index (χ4v) is 5.91. The van der Waals surface area contributed by atoms with Gasteiger partial charge in [-0.15, -0.1) is 0 Å². The molecule has 3 aromatic rings. The molecule has 2 aliphatic heterocycles. The van der Waals surface area contributed by atoms with E-state index in [9.17, 15) is 14.7 Å². The molecule has 1 amide bonds. The fraction of sp³-hybridized carbons (Fsp3) is 0.406. The number of nitrogens with zero attached hydrogens (tertiary/aromatic N) is 2. The molecular weight excluding hydrogens is 511 g/mol. The van der Waals surface area contributed by atoms with E-state index in [1.54, 1.807) is 30.2 Å². The average molecular weight is 547 g/mol. The Bertz CT molecular complexity index is 1520. The Morgan fingerprint density at radius 1 is 1.15 bits per heavy atom. The van der Waals surface area contributed by atoms with Crippen molar-refractivity contribution in [1.29, 1.82) is 0 Å². The van der Waals surface area contributed by atoms with Gasteiger partial charge in [-0.2, -0.15) is 0 Å². The number of ether oxygens (including phenoxy) is 2. The van der Waals surface area contributed by atoms with E-state index in [-0.39, 0.29) is 11.7 Å². The van der Waals surface area contributed by atoms with E-state index in [0.717, 1.165) is 23.1 Å². The zero-order chi connectivity index (χ0) is 28.9. The van der Waals surface area contributed by atoms with Gasteiger partial charge < -0.3 is 19.5 Å². The zero-order valence-corrected chi connectivity index (χ0v) is 23.9. The third-order valence-corrected chi connectivity index (χ3v) is 7.68. The molecule has 1 atom stereocenters. The average Bonchev–Trinajstić information content (AvgIpc) is 3.31. The lowest BCUT2D eigenvalue weighted by Gasteiger charge is -2.30. The van der Waals surface area contributed by atoms with Gasteiger partial charge in [-0.3, -0.25) is 9.78 Å². The second-order valence-corrected chi connectivity index (χ2v) is 11.6. The number of amides is 1. The SMILES string of the molecule is Cc1cc2c(c(-c3cc(F)c4c(c3C)CCCO4)c1[C@H](OC(C)(C)C)C(=O)O)CCN2C(=O)c1cccnc1C. The van der Waals surface area contributed by atoms with Crippen LogP contribution in [-0.2, 0) is 22.4 Å². The highest BCUT2D eigenvalue weighted by Gasteiger charge is 2.37. The quantitative estimate of drug-likeness (QED) is 0.405. The number of rotatable bonds is 5. The highest BCUT2D eigenvalue weighted by atomic mass is 19.1. The normalized spacial score (nSPS) is 15.3. The van der Waals surface area contributed by atoms with Gasteiger partial charge in [-0.1, -0.05) is 0 Å². The number of pyridine rings is 1. The number of aromatic nitrogens is 1. The Hall–Kier alpha value is -3.78. The smallest absolute Gasteiger partial charge is 0.337 e. The summed E-state index contributed by atoms with van der Waals surface area (Å²) < 4.78 is 27.3. The van der Waals surface area contributed by atoms with Crippen molar-refractivity contribution >= 4 is 17.6 Å². The molecule has 0 spiro atoms. The number of anilines is 1. The van der Waals surface area contributed by atoms with E-state index in [2.05, 4.69) is 4.98 Å². The Kier molecular flexibility index (Phi) is 7.17. The first-order valence-corrected chi connectivity index (χ1v) is 13.6. The minimum atomic E-state index is -1.29. The van der Waals surface area contributed by atoms with Crippen molar-refractivity contribution in [3.05, 3.63) is 75.4 Å². The summed E-state index contributed by atoms with van der Waals surface area (Å²) in [6.07, 6.45) is 2.28. The van der Waals surface area contributed by atoms with Gasteiger partial charge in [0.2, 0.25) is 0 Å². The van der Waals surface area contributed by atoms with E-state index >= 15 is 4.39 Å². The third-order valence-electron chi connectivity index (χ3n) is 7.68. The summed E-state index contributed by atoms with van der Waals surface area (Å²) in [4.78, 5) is 32.4. The van der Waals surface area contributed by atoms with Crippen LogP contribution in [0.15, 0.2) is 30.5 Å². The summed E-state index contributed by atoms with van der Waals surface area (Å²) >= 11 is 0. The van der Waals surface area contributed by atoms with Crippen LogP contribution in [-0.4, -0.2) is 40.7 Å². The summed E-state index contributed by atoms with van der Waals surface area (Å²) in [7, 11) is 0. The molecule has 0 radical (unpaired) electrons. The number of carboxylic acids is 1. The Balaban J connectivity index is 1.79. The second kappa shape index (κ2) is 10.3. The van der Waals surface area contributed by atoms with Crippen LogP contribution < -0.4 is 9.64 Å². The van der Waals surface area contributed by atoms with Crippen LogP contribution in [0.4, 0.5) is 10.1 Å². The minimum Gasteiger partial charge on any atom is -0.490 e. The lowest BCUT2D eigenvalue weighted by molar-refractivity contribution is -0.160. The molecule has 1 N–H and O–H groups in total. The van der Waals surface area contributed by atoms with Gasteiger partial charge >= 0.3 is 5.97 Å². The van der Waals surface area contributed by atoms with Gasteiger partial charge in [0.1, 0.15) is 0 Å². The summed E-state index contributed by atoms with van der Waals surface area (Å²) in [6, 6.07) is 6.80. The van der Waals surface area contributed by atoms with Crippen molar-refractivity contribution in [2.24, 2.45) is 0 Å². The number of hydrogen-bond acceptors (Lipinski definition) is 5. The monoisotopic (exact) mass is 546 g/mol. The highest BCUT2D eigenvalue weighted by molar-refractivity contribution is 6.09. The third kappa shape index (κ3) is 4.85. The summed E-state index contributed by atoms with van der Waals surface area (Å²) in [5, 5.41) is 10.4. The van der Waals surface area contributed by atoms with Gasteiger partial charge in [0.25, 0.3) is 5.91 Å². The van der Waals surface area contributed by atoms with Gasteiger partial charge in [0.05, 0.1) is 17.8 Å². The lowest BCUT2D eigenvalue weighted by atomic mass is 9.83. The van der Waals surface area contributed by atoms with E-state index in [1.165, 1.54) is 6.07 Å². The number of hydrogen-bond donors (Lipinski definition) is 1. The maximum atomic E-state index is 15.5. The summed E-state index contributed by atoms with van der Waals surface area (Å²) in [6.45, 7) is 11.8. The molecule has 210 valence electrons. The van der Waals surface area contributed by atoms with Gasteiger partial charge in [0.15, 0.2) is 17.7 Å². The van der Waals surface area contributed by atoms with E-state index in [0.29, 0.717) is 65.2 Å². The molecule has 40 heavy (non-hydrogen) atoms. The van der Waals surface area contributed by atoms with Crippen LogP contribution in [0.1, 0.15) is 77.2 Å². The van der Waals surface area contributed by atoms with Crippen LogP contribution in [0.25, 0.3) is 11.1 Å². The van der Waals surface area contributed by atoms with E-state index < -0.39 is 23.5 Å². The van der Waals surface area contributed by atoms with Crippen molar-refractivity contribution in [1.82, 2.24) is 4.98 Å². The topological polar surface area (TPSA) is 89.0 Å². The summed E-state index contributed by atoms with van der Waals surface area (Å²) in [5.41, 5.74) is 5.88. The molecule has 0 saturated carbocycles. The Labute approximate surface area is 233 Å². The summed E-state index contributed by atoms with van der Waals surface area (Å²) in [5.74, 6) is -1.51. The largest absolute Gasteiger partial charge is 0.490 e. The molecule has 3 heterocycles. The highest BCUT2D eigenvalue weighted by Crippen LogP contribution is 2.47. The molecule has 2 aliphatic rings. The molecule has 0 aliphatic carbocycles. The molecule has 2 aromatic carbocycles.